The summed E-state index contributed by atoms with van der Waals surface area (Å²) in [5, 5.41) is 25.9. The van der Waals surface area contributed by atoms with Crippen LogP contribution in [0.1, 0.15) is 27.6 Å². The van der Waals surface area contributed by atoms with Crippen LogP contribution in [0.2, 0.25) is 0 Å². The minimum Gasteiger partial charge on any atom is -0.390 e. The van der Waals surface area contributed by atoms with E-state index in [0.29, 0.717) is 13.0 Å². The predicted molar refractivity (Wildman–Crippen MR) is 80.4 cm³/mol. The molecule has 3 N–H and O–H groups in total. The second-order valence-corrected chi connectivity index (χ2v) is 6.45. The van der Waals surface area contributed by atoms with E-state index >= 15 is 0 Å². The van der Waals surface area contributed by atoms with Crippen LogP contribution >= 0.6 is 11.3 Å². The first-order chi connectivity index (χ1) is 10.6. The molecule has 1 aliphatic heterocycles. The van der Waals surface area contributed by atoms with Crippen LogP contribution in [0.5, 0.6) is 0 Å². The van der Waals surface area contributed by atoms with E-state index < -0.39 is 6.10 Å². The van der Waals surface area contributed by atoms with Gasteiger partial charge in [0, 0.05) is 25.0 Å². The van der Waals surface area contributed by atoms with Gasteiger partial charge in [-0.3, -0.25) is 9.69 Å². The fourth-order valence-electron chi connectivity index (χ4n) is 2.57. The Morgan fingerprint density at radius 3 is 3.14 bits per heavy atom. The second-order valence-electron chi connectivity index (χ2n) is 5.38. The van der Waals surface area contributed by atoms with Crippen LogP contribution in [0.3, 0.4) is 0 Å². The Kier molecular flexibility index (Phi) is 4.46. The lowest BCUT2D eigenvalue weighted by Gasteiger charge is -2.35. The fourth-order valence-corrected chi connectivity index (χ4v) is 3.18. The molecule has 1 fully saturated rings. The minimum atomic E-state index is -0.607. The quantitative estimate of drug-likeness (QED) is 0.728. The molecule has 1 amide bonds. The highest BCUT2D eigenvalue weighted by molar-refractivity contribution is 7.09. The number of aromatic amines is 1. The van der Waals surface area contributed by atoms with E-state index in [-0.39, 0.29) is 17.6 Å². The molecule has 0 radical (unpaired) electrons. The van der Waals surface area contributed by atoms with Crippen LogP contribution in [-0.2, 0) is 6.54 Å². The number of β-amino-alcohol motifs (C(OH)–C–C–N with tert-alkyl or cyclic N) is 1. The number of amides is 1. The maximum atomic E-state index is 11.9. The highest BCUT2D eigenvalue weighted by Crippen LogP contribution is 2.16. The fraction of sp³-hybridized carbons (Fsp3) is 0.538. The van der Waals surface area contributed by atoms with E-state index in [1.165, 1.54) is 6.20 Å². The number of rotatable bonds is 4. The third kappa shape index (κ3) is 3.49. The molecule has 0 bridgehead atoms. The molecule has 118 valence electrons. The summed E-state index contributed by atoms with van der Waals surface area (Å²) in [6, 6.07) is -0.266. The van der Waals surface area contributed by atoms with Crippen LogP contribution < -0.4 is 5.32 Å². The van der Waals surface area contributed by atoms with Gasteiger partial charge in [-0.1, -0.05) is 0 Å². The SMILES string of the molecule is Cc1nc(CN2CC[C@@H](NC(=O)c3cn[nH]n3)[C@H](O)C2)cs1. The number of likely N-dealkylation sites (tertiary alicyclic amines) is 1. The van der Waals surface area contributed by atoms with Gasteiger partial charge in [0.05, 0.1) is 29.0 Å². The number of hydrogen-bond donors (Lipinski definition) is 3. The van der Waals surface area contributed by atoms with Gasteiger partial charge in [0.25, 0.3) is 5.91 Å². The number of aryl methyl sites for hydroxylation is 1. The smallest absolute Gasteiger partial charge is 0.273 e. The maximum Gasteiger partial charge on any atom is 0.273 e. The summed E-state index contributed by atoms with van der Waals surface area (Å²) in [6.07, 6.45) is 1.44. The Hall–Kier alpha value is -1.84. The average molecular weight is 322 g/mol. The van der Waals surface area contributed by atoms with Gasteiger partial charge in [0.15, 0.2) is 5.69 Å². The molecule has 0 spiro atoms. The molecule has 9 heteroatoms. The largest absolute Gasteiger partial charge is 0.390 e. The minimum absolute atomic E-state index is 0.229. The van der Waals surface area contributed by atoms with Gasteiger partial charge in [-0.05, 0) is 13.3 Å². The molecule has 8 nitrogen and oxygen atoms in total. The Labute approximate surface area is 131 Å². The number of nitrogens with one attached hydrogen (secondary N) is 2. The van der Waals surface area contributed by atoms with Crippen molar-refractivity contribution in [2.75, 3.05) is 13.1 Å². The summed E-state index contributed by atoms with van der Waals surface area (Å²) in [5.41, 5.74) is 1.26. The molecule has 2 aromatic rings. The molecule has 1 aliphatic rings. The molecular weight excluding hydrogens is 304 g/mol. The Morgan fingerprint density at radius 2 is 2.50 bits per heavy atom. The van der Waals surface area contributed by atoms with Crippen LogP contribution in [0.25, 0.3) is 0 Å². The van der Waals surface area contributed by atoms with Crippen molar-refractivity contribution in [3.63, 3.8) is 0 Å². The zero-order chi connectivity index (χ0) is 15.5. The molecule has 0 unspecified atom stereocenters. The molecule has 0 saturated carbocycles. The van der Waals surface area contributed by atoms with Crippen molar-refractivity contribution < 1.29 is 9.90 Å². The third-order valence-corrected chi connectivity index (χ3v) is 4.50. The molecule has 1 saturated heterocycles. The number of carbonyl (C=O) groups is 1. The molecule has 0 aromatic carbocycles. The van der Waals surface area contributed by atoms with E-state index in [9.17, 15) is 9.90 Å². The normalized spacial score (nSPS) is 22.6. The van der Waals surface area contributed by atoms with E-state index in [1.54, 1.807) is 11.3 Å². The number of hydrogen-bond acceptors (Lipinski definition) is 7. The van der Waals surface area contributed by atoms with Gasteiger partial charge in [-0.2, -0.15) is 15.4 Å². The predicted octanol–water partition coefficient (Wildman–Crippen LogP) is -0.0652. The zero-order valence-corrected chi connectivity index (χ0v) is 13.0. The first-order valence-corrected chi connectivity index (χ1v) is 7.98. The average Bonchev–Trinajstić information content (AvgIpc) is 3.13. The zero-order valence-electron chi connectivity index (χ0n) is 12.2. The van der Waals surface area contributed by atoms with Gasteiger partial charge in [-0.25, -0.2) is 4.98 Å². The Bertz CT molecular complexity index is 628. The Morgan fingerprint density at radius 1 is 1.64 bits per heavy atom. The number of thiazole rings is 1. The highest BCUT2D eigenvalue weighted by Gasteiger charge is 2.29. The van der Waals surface area contributed by atoms with Gasteiger partial charge in [-0.15, -0.1) is 11.3 Å². The van der Waals surface area contributed by atoms with Crippen molar-refractivity contribution in [1.29, 1.82) is 0 Å². The molecule has 0 aliphatic carbocycles. The van der Waals surface area contributed by atoms with Crippen molar-refractivity contribution in [2.24, 2.45) is 0 Å². The van der Waals surface area contributed by atoms with E-state index in [1.807, 2.05) is 12.3 Å². The van der Waals surface area contributed by atoms with E-state index in [0.717, 1.165) is 23.8 Å². The summed E-state index contributed by atoms with van der Waals surface area (Å²) in [5.74, 6) is -0.318. The number of nitrogens with zero attached hydrogens (tertiary/aromatic N) is 4. The molecular formula is C13H18N6O2S. The summed E-state index contributed by atoms with van der Waals surface area (Å²) in [6.45, 7) is 4.03. The van der Waals surface area contributed by atoms with E-state index in [4.69, 9.17) is 0 Å². The summed E-state index contributed by atoms with van der Waals surface area (Å²) in [4.78, 5) is 18.5. The number of piperidine rings is 1. The highest BCUT2D eigenvalue weighted by atomic mass is 32.1. The Balaban J connectivity index is 1.52. The van der Waals surface area contributed by atoms with Crippen molar-refractivity contribution in [1.82, 2.24) is 30.6 Å². The number of aliphatic hydroxyl groups is 1. The van der Waals surface area contributed by atoms with Crippen LogP contribution in [0.4, 0.5) is 0 Å². The maximum absolute atomic E-state index is 11.9. The van der Waals surface area contributed by atoms with Gasteiger partial charge in [0.1, 0.15) is 0 Å². The summed E-state index contributed by atoms with van der Waals surface area (Å²) >= 11 is 1.63. The summed E-state index contributed by atoms with van der Waals surface area (Å²) in [7, 11) is 0. The molecule has 2 atom stereocenters. The summed E-state index contributed by atoms with van der Waals surface area (Å²) < 4.78 is 0. The number of aliphatic hydroxyl groups excluding tert-OH is 1. The van der Waals surface area contributed by atoms with Crippen molar-refractivity contribution in [3.05, 3.63) is 28.0 Å². The first-order valence-electron chi connectivity index (χ1n) is 7.10. The molecule has 2 aromatic heterocycles. The lowest BCUT2D eigenvalue weighted by atomic mass is 10.0. The van der Waals surface area contributed by atoms with Crippen LogP contribution in [0.15, 0.2) is 11.6 Å². The van der Waals surface area contributed by atoms with E-state index in [2.05, 4.69) is 30.6 Å². The van der Waals surface area contributed by atoms with Gasteiger partial charge in [0.2, 0.25) is 0 Å². The van der Waals surface area contributed by atoms with Gasteiger partial charge >= 0.3 is 0 Å². The second kappa shape index (κ2) is 6.51. The van der Waals surface area contributed by atoms with Crippen LogP contribution in [-0.4, -0.2) is 61.5 Å². The first kappa shape index (κ1) is 15.1. The van der Waals surface area contributed by atoms with Gasteiger partial charge < -0.3 is 10.4 Å². The number of carbonyl (C=O) groups excluding carboxylic acids is 1. The third-order valence-electron chi connectivity index (χ3n) is 3.68. The van der Waals surface area contributed by atoms with Crippen molar-refractivity contribution in [3.8, 4) is 0 Å². The molecule has 3 heterocycles. The number of aromatic nitrogens is 4. The monoisotopic (exact) mass is 322 g/mol. The lowest BCUT2D eigenvalue weighted by molar-refractivity contribution is 0.0344. The molecule has 22 heavy (non-hydrogen) atoms. The van der Waals surface area contributed by atoms with Crippen LogP contribution in [0, 0.1) is 6.92 Å². The standard InChI is InChI=1S/C13H18N6O2S/c1-8-15-9(7-22-8)5-19-3-2-10(12(20)6-19)16-13(21)11-4-14-18-17-11/h4,7,10,12,20H,2-3,5-6H2,1H3,(H,16,21)(H,14,17,18)/t10-,12-/m1/s1. The molecule has 3 rings (SSSR count). The van der Waals surface area contributed by atoms with Crippen molar-refractivity contribution in [2.45, 2.75) is 32.0 Å². The van der Waals surface area contributed by atoms with Crippen molar-refractivity contribution >= 4 is 17.2 Å². The topological polar surface area (TPSA) is 107 Å². The number of H-pyrrole nitrogens is 1. The lowest BCUT2D eigenvalue weighted by Crippen LogP contribution is -2.53.